The number of nitrogens with zero attached hydrogens (tertiary/aromatic N) is 3. The second-order valence-corrected chi connectivity index (χ2v) is 23.4. The minimum Gasteiger partial charge on any atom is -0.466 e. The lowest BCUT2D eigenvalue weighted by Gasteiger charge is -2.14. The third-order valence-corrected chi connectivity index (χ3v) is 16.9. The van der Waals surface area contributed by atoms with Gasteiger partial charge in [-0.05, 0) is 109 Å². The first-order chi connectivity index (χ1) is 42.5. The van der Waals surface area contributed by atoms with E-state index in [1.165, 1.54) is 77.0 Å². The first-order valence-corrected chi connectivity index (χ1v) is 32.5. The molecule has 6 heterocycles. The van der Waals surface area contributed by atoms with E-state index in [-0.39, 0.29) is 11.9 Å². The second kappa shape index (κ2) is 31.8. The van der Waals surface area contributed by atoms with Crippen molar-refractivity contribution in [1.29, 1.82) is 0 Å². The number of unbranched alkanes of at least 4 members (excludes halogenated alkanes) is 16. The Morgan fingerprint density at radius 2 is 0.744 bits per heavy atom. The van der Waals surface area contributed by atoms with Crippen LogP contribution in [0, 0.1) is 0 Å². The van der Waals surface area contributed by atoms with Gasteiger partial charge >= 0.3 is 11.9 Å². The zero-order valence-electron chi connectivity index (χ0n) is 50.9. The van der Waals surface area contributed by atoms with Crippen molar-refractivity contribution in [1.82, 2.24) is 24.9 Å². The third kappa shape index (κ3) is 16.0. The molecule has 10 rings (SSSR count). The number of fused-ring (bicyclic) bond motifs is 11. The van der Waals surface area contributed by atoms with Crippen molar-refractivity contribution in [2.24, 2.45) is 0 Å². The van der Waals surface area contributed by atoms with E-state index in [9.17, 15) is 9.59 Å². The van der Waals surface area contributed by atoms with E-state index >= 15 is 0 Å². The van der Waals surface area contributed by atoms with E-state index in [4.69, 9.17) is 24.4 Å². The largest absolute Gasteiger partial charge is 0.466 e. The number of hydrogen-bond donors (Lipinski definition) is 2. The summed E-state index contributed by atoms with van der Waals surface area (Å²) in [5.41, 5.74) is 18.5. The monoisotopic (exact) mass is 1150 g/mol. The number of H-pyrrole nitrogens is 2. The number of nitrogens with one attached hydrogen (secondary N) is 2. The van der Waals surface area contributed by atoms with Gasteiger partial charge in [0.1, 0.15) is 0 Å². The highest BCUT2D eigenvalue weighted by molar-refractivity contribution is 6.04. The molecule has 444 valence electrons. The summed E-state index contributed by atoms with van der Waals surface area (Å²) in [6, 6.07) is 53.0. The van der Waals surface area contributed by atoms with Crippen molar-refractivity contribution >= 4 is 46.2 Å². The molecule has 2 aliphatic heterocycles. The Kier molecular flexibility index (Phi) is 22.5. The van der Waals surface area contributed by atoms with Crippen LogP contribution in [0.15, 0.2) is 152 Å². The maximum Gasteiger partial charge on any atom is 0.305 e. The van der Waals surface area contributed by atoms with Crippen molar-refractivity contribution in [2.45, 2.75) is 168 Å². The highest BCUT2D eigenvalue weighted by Gasteiger charge is 2.29. The molecule has 9 heteroatoms. The van der Waals surface area contributed by atoms with Gasteiger partial charge in [-0.25, -0.2) is 9.97 Å². The molecule has 0 amide bonds. The van der Waals surface area contributed by atoms with Crippen molar-refractivity contribution < 1.29 is 19.1 Å². The Bertz CT molecular complexity index is 3440. The second-order valence-electron chi connectivity index (χ2n) is 23.4. The highest BCUT2D eigenvalue weighted by Crippen LogP contribution is 2.47. The standard InChI is InChI=1S/C77H87N5O4/c1-3-5-7-9-11-13-15-17-31-45-69(83)85-53-33-43-60-55-61-75-73(58-39-27-21-28-40-58)67-51-49-65(79-67)71(56-35-23-19-24-36-56)63-47-48-64(78-63)72(57-37-25-20-26-38-57)66-50-52-68(80-66)74(59-41-29-22-30-42-59)77(82-75)76(61)81-62(60)44-34-54-86-70(84)46-32-18-16-14-12-10-8-6-4-2/h19-30,35-42,47-52,55,79-80H,3-18,31-34,43-46,53-54H2,1-2H3. The molecule has 4 aromatic carbocycles. The molecule has 4 aromatic heterocycles. The van der Waals surface area contributed by atoms with E-state index in [1.54, 1.807) is 0 Å². The number of ether oxygens (including phenoxy) is 2. The number of esters is 2. The molecule has 8 aromatic rings. The summed E-state index contributed by atoms with van der Waals surface area (Å²) in [6.07, 6.45) is 29.1. The first kappa shape index (κ1) is 60.9. The average Bonchev–Trinajstić information content (AvgIpc) is 2.02. The van der Waals surface area contributed by atoms with Crippen molar-refractivity contribution in [3.63, 3.8) is 0 Å². The lowest BCUT2D eigenvalue weighted by atomic mass is 9.94. The molecular weight excluding hydrogens is 1060 g/mol. The number of benzene rings is 4. The van der Waals surface area contributed by atoms with Gasteiger partial charge in [0.2, 0.25) is 0 Å². The van der Waals surface area contributed by atoms with Crippen LogP contribution >= 0.6 is 0 Å². The molecule has 0 saturated heterocycles. The summed E-state index contributed by atoms with van der Waals surface area (Å²) in [4.78, 5) is 51.3. The minimum atomic E-state index is -0.136. The molecule has 2 N–H and O–H groups in total. The number of rotatable bonds is 32. The fourth-order valence-corrected chi connectivity index (χ4v) is 12.3. The Hall–Kier alpha value is -8.17. The normalized spacial score (nSPS) is 11.7. The molecule has 0 atom stereocenters. The Labute approximate surface area is 510 Å². The number of hydrogen-bond acceptors (Lipinski definition) is 7. The molecule has 8 bridgehead atoms. The zero-order valence-corrected chi connectivity index (χ0v) is 50.9. The Morgan fingerprint density at radius 1 is 0.372 bits per heavy atom. The van der Waals surface area contributed by atoms with Gasteiger partial charge in [0.15, 0.2) is 0 Å². The number of aryl methyl sites for hydroxylation is 2. The van der Waals surface area contributed by atoms with Gasteiger partial charge in [0, 0.05) is 68.4 Å². The number of carbonyl (C=O) groups excluding carboxylic acids is 2. The predicted octanol–water partition coefficient (Wildman–Crippen LogP) is 20.7. The highest BCUT2D eigenvalue weighted by atomic mass is 16.5. The average molecular weight is 1150 g/mol. The van der Waals surface area contributed by atoms with Crippen LogP contribution in [-0.2, 0) is 31.9 Å². The van der Waals surface area contributed by atoms with E-state index < -0.39 is 0 Å². The van der Waals surface area contributed by atoms with Crippen LogP contribution in [0.25, 0.3) is 101 Å². The van der Waals surface area contributed by atoms with Crippen molar-refractivity contribution in [3.8, 4) is 67.2 Å². The van der Waals surface area contributed by atoms with Crippen LogP contribution in [0.2, 0.25) is 0 Å². The maximum atomic E-state index is 13.2. The number of aromatic nitrogens is 5. The summed E-state index contributed by atoms with van der Waals surface area (Å²) < 4.78 is 11.9. The Balaban J connectivity index is 1.07. The van der Waals surface area contributed by atoms with E-state index in [1.807, 2.05) is 18.2 Å². The lowest BCUT2D eigenvalue weighted by molar-refractivity contribution is -0.144. The van der Waals surface area contributed by atoms with Crippen molar-refractivity contribution in [2.75, 3.05) is 13.2 Å². The topological polar surface area (TPSA) is 123 Å². The number of aromatic amines is 2. The Morgan fingerprint density at radius 3 is 1.17 bits per heavy atom. The van der Waals surface area contributed by atoms with Gasteiger partial charge in [0.05, 0.1) is 41.7 Å². The van der Waals surface area contributed by atoms with Gasteiger partial charge in [-0.3, -0.25) is 14.6 Å². The van der Waals surface area contributed by atoms with Crippen molar-refractivity contribution in [3.05, 3.63) is 174 Å². The van der Waals surface area contributed by atoms with Gasteiger partial charge in [-0.15, -0.1) is 0 Å². The van der Waals surface area contributed by atoms with E-state index in [2.05, 4.69) is 169 Å². The summed E-state index contributed by atoms with van der Waals surface area (Å²) in [6.45, 7) is 5.13. The van der Waals surface area contributed by atoms with Crippen LogP contribution in [0.1, 0.15) is 178 Å². The summed E-state index contributed by atoms with van der Waals surface area (Å²) >= 11 is 0. The summed E-state index contributed by atoms with van der Waals surface area (Å²) in [7, 11) is 0. The fourth-order valence-electron chi connectivity index (χ4n) is 12.3. The van der Waals surface area contributed by atoms with E-state index in [0.29, 0.717) is 51.7 Å². The van der Waals surface area contributed by atoms with Crippen LogP contribution in [0.5, 0.6) is 0 Å². The van der Waals surface area contributed by atoms with Crippen LogP contribution in [0.4, 0.5) is 0 Å². The van der Waals surface area contributed by atoms with E-state index in [0.717, 1.165) is 150 Å². The van der Waals surface area contributed by atoms with Crippen LogP contribution in [-0.4, -0.2) is 50.1 Å². The zero-order chi connectivity index (χ0) is 59.1. The van der Waals surface area contributed by atoms with Crippen LogP contribution < -0.4 is 0 Å². The summed E-state index contributed by atoms with van der Waals surface area (Å²) in [5.74, 6) is -0.268. The number of pyridine rings is 1. The number of carbonyl (C=O) groups is 2. The molecule has 0 unspecified atom stereocenters. The van der Waals surface area contributed by atoms with Crippen LogP contribution in [0.3, 0.4) is 0 Å². The van der Waals surface area contributed by atoms with Gasteiger partial charge < -0.3 is 19.4 Å². The molecule has 0 spiro atoms. The maximum absolute atomic E-state index is 13.2. The first-order valence-electron chi connectivity index (χ1n) is 32.5. The molecule has 0 aliphatic carbocycles. The smallest absolute Gasteiger partial charge is 0.305 e. The molecule has 2 aliphatic rings. The SMILES string of the molecule is CCCCCCCCCCCC(=O)OCCCc1cc2c(nc1CCCOC(=O)CCCCCCCCCCC)-c1nc-2c(-c2ccccc2)c2ccc([nH]2)c(-c2ccccc2)c2nc(c(-c3ccccc3)c3ccc([nH]3)c1-c1ccccc1)C=C2. The third-order valence-electron chi connectivity index (χ3n) is 16.9. The quantitative estimate of drug-likeness (QED) is 0.0318. The fraction of sp³-hybridized carbons (Fsp3) is 0.364. The van der Waals surface area contributed by atoms with Gasteiger partial charge in [0.25, 0.3) is 0 Å². The molecule has 0 fully saturated rings. The van der Waals surface area contributed by atoms with Gasteiger partial charge in [-0.2, -0.15) is 0 Å². The molecule has 9 nitrogen and oxygen atoms in total. The molecule has 86 heavy (non-hydrogen) atoms. The molecular formula is C77H87N5O4. The van der Waals surface area contributed by atoms with Gasteiger partial charge in [-0.1, -0.05) is 238 Å². The molecule has 0 radical (unpaired) electrons. The summed E-state index contributed by atoms with van der Waals surface area (Å²) in [5, 5.41) is 0. The molecule has 0 saturated carbocycles. The lowest BCUT2D eigenvalue weighted by Crippen LogP contribution is -2.09. The predicted molar refractivity (Wildman–Crippen MR) is 356 cm³/mol. The minimum absolute atomic E-state index is 0.131.